The van der Waals surface area contributed by atoms with Gasteiger partial charge in [0.05, 0.1) is 31.0 Å². The predicted octanol–water partition coefficient (Wildman–Crippen LogP) is 5.37. The SMILES string of the molecule is Cl.O=C(NCCCC1CCN(C(=O)c2ccc(Cl)s2)CC1)C1=Cc2cnc3cccc(n23)S1. The number of amides is 2. The zero-order valence-corrected chi connectivity index (χ0v) is 21.0. The summed E-state index contributed by atoms with van der Waals surface area (Å²) in [6.07, 6.45) is 7.72. The molecule has 2 amide bonds. The number of thiophene rings is 1. The van der Waals surface area contributed by atoms with Crippen molar-refractivity contribution in [2.45, 2.75) is 30.7 Å². The normalized spacial score (nSPS) is 15.8. The first-order valence-corrected chi connectivity index (χ1v) is 12.8. The van der Waals surface area contributed by atoms with Gasteiger partial charge in [-0.25, -0.2) is 4.98 Å². The summed E-state index contributed by atoms with van der Waals surface area (Å²) in [5.41, 5.74) is 1.83. The molecule has 5 heterocycles. The van der Waals surface area contributed by atoms with Crippen LogP contribution in [0, 0.1) is 5.92 Å². The number of halogens is 2. The maximum Gasteiger partial charge on any atom is 0.263 e. The van der Waals surface area contributed by atoms with Crippen LogP contribution in [0.25, 0.3) is 11.7 Å². The molecule has 5 rings (SSSR count). The molecule has 0 spiro atoms. The van der Waals surface area contributed by atoms with Crippen LogP contribution in [0.15, 0.2) is 46.5 Å². The Hall–Kier alpha value is -2.00. The second kappa shape index (κ2) is 10.5. The van der Waals surface area contributed by atoms with Gasteiger partial charge in [-0.3, -0.25) is 14.0 Å². The third-order valence-electron chi connectivity index (χ3n) is 6.00. The molecule has 0 atom stereocenters. The molecule has 6 nitrogen and oxygen atoms in total. The van der Waals surface area contributed by atoms with Crippen molar-refractivity contribution in [3.63, 3.8) is 0 Å². The van der Waals surface area contributed by atoms with Crippen molar-refractivity contribution in [1.82, 2.24) is 19.6 Å². The predicted molar refractivity (Wildman–Crippen MR) is 136 cm³/mol. The van der Waals surface area contributed by atoms with Crippen LogP contribution in [0.2, 0.25) is 4.34 Å². The molecule has 0 aliphatic carbocycles. The lowest BCUT2D eigenvalue weighted by molar-refractivity contribution is -0.116. The van der Waals surface area contributed by atoms with Crippen LogP contribution in [0.4, 0.5) is 0 Å². The van der Waals surface area contributed by atoms with Gasteiger partial charge in [-0.05, 0) is 61.9 Å². The van der Waals surface area contributed by atoms with Gasteiger partial charge in [0.25, 0.3) is 11.8 Å². The van der Waals surface area contributed by atoms with E-state index in [4.69, 9.17) is 11.6 Å². The molecular formula is C23H24Cl2N4O2S2. The Morgan fingerprint density at radius 1 is 1.18 bits per heavy atom. The minimum atomic E-state index is -0.0329. The van der Waals surface area contributed by atoms with E-state index >= 15 is 0 Å². The number of pyridine rings is 1. The number of piperidine rings is 1. The zero-order chi connectivity index (χ0) is 22.1. The minimum absolute atomic E-state index is 0. The Kier molecular flexibility index (Phi) is 7.69. The van der Waals surface area contributed by atoms with E-state index in [1.807, 2.05) is 29.2 Å². The van der Waals surface area contributed by atoms with Crippen LogP contribution in [0.3, 0.4) is 0 Å². The topological polar surface area (TPSA) is 66.7 Å². The fraction of sp³-hybridized carbons (Fsp3) is 0.348. The molecule has 1 fully saturated rings. The smallest absolute Gasteiger partial charge is 0.263 e. The van der Waals surface area contributed by atoms with Gasteiger partial charge in [0.2, 0.25) is 0 Å². The maximum atomic E-state index is 12.7. The van der Waals surface area contributed by atoms with Gasteiger partial charge in [0, 0.05) is 19.6 Å². The van der Waals surface area contributed by atoms with Gasteiger partial charge in [-0.1, -0.05) is 29.4 Å². The summed E-state index contributed by atoms with van der Waals surface area (Å²) in [5.74, 6) is 0.649. The van der Waals surface area contributed by atoms with Crippen LogP contribution in [0.1, 0.15) is 41.0 Å². The van der Waals surface area contributed by atoms with Crippen molar-refractivity contribution in [1.29, 1.82) is 0 Å². The molecule has 33 heavy (non-hydrogen) atoms. The number of carbonyl (C=O) groups is 2. The summed E-state index contributed by atoms with van der Waals surface area (Å²) in [6, 6.07) is 9.51. The quantitative estimate of drug-likeness (QED) is 0.442. The molecule has 3 aromatic heterocycles. The Labute approximate surface area is 211 Å². The number of nitrogens with one attached hydrogen (secondary N) is 1. The van der Waals surface area contributed by atoms with Gasteiger partial charge in [0.15, 0.2) is 0 Å². The molecule has 0 radical (unpaired) electrons. The number of rotatable bonds is 6. The maximum absolute atomic E-state index is 12.7. The van der Waals surface area contributed by atoms with E-state index in [0.29, 0.717) is 26.6 Å². The third kappa shape index (κ3) is 5.24. The van der Waals surface area contributed by atoms with Gasteiger partial charge in [-0.2, -0.15) is 0 Å². The lowest BCUT2D eigenvalue weighted by Crippen LogP contribution is -2.38. The second-order valence-corrected chi connectivity index (χ2v) is 10.9. The van der Waals surface area contributed by atoms with Crippen molar-refractivity contribution in [2.75, 3.05) is 19.6 Å². The van der Waals surface area contributed by atoms with Crippen LogP contribution in [-0.4, -0.2) is 45.7 Å². The molecule has 0 bridgehead atoms. The lowest BCUT2D eigenvalue weighted by atomic mass is 9.92. The molecule has 174 valence electrons. The first-order chi connectivity index (χ1) is 15.6. The Balaban J connectivity index is 0.00000259. The van der Waals surface area contributed by atoms with E-state index < -0.39 is 0 Å². The monoisotopic (exact) mass is 522 g/mol. The first-order valence-electron chi connectivity index (χ1n) is 10.8. The largest absolute Gasteiger partial charge is 0.352 e. The molecule has 1 saturated heterocycles. The van der Waals surface area contributed by atoms with Crippen molar-refractivity contribution in [3.8, 4) is 0 Å². The van der Waals surface area contributed by atoms with Crippen molar-refractivity contribution in [2.24, 2.45) is 5.92 Å². The van der Waals surface area contributed by atoms with E-state index in [0.717, 1.165) is 55.1 Å². The van der Waals surface area contributed by atoms with Crippen LogP contribution < -0.4 is 5.32 Å². The van der Waals surface area contributed by atoms with E-state index in [-0.39, 0.29) is 24.2 Å². The second-order valence-electron chi connectivity index (χ2n) is 8.09. The molecule has 0 saturated carbocycles. The van der Waals surface area contributed by atoms with Gasteiger partial charge < -0.3 is 10.2 Å². The number of likely N-dealkylation sites (tertiary alicyclic amines) is 1. The highest BCUT2D eigenvalue weighted by atomic mass is 35.5. The Morgan fingerprint density at radius 3 is 2.76 bits per heavy atom. The molecule has 0 aromatic carbocycles. The van der Waals surface area contributed by atoms with Crippen molar-refractivity contribution >= 4 is 70.6 Å². The van der Waals surface area contributed by atoms with Crippen molar-refractivity contribution < 1.29 is 9.59 Å². The van der Waals surface area contributed by atoms with E-state index in [9.17, 15) is 9.59 Å². The van der Waals surface area contributed by atoms with Crippen molar-refractivity contribution in [3.05, 3.63) is 56.3 Å². The highest BCUT2D eigenvalue weighted by molar-refractivity contribution is 8.04. The highest BCUT2D eigenvalue weighted by Gasteiger charge is 2.24. The molecule has 10 heteroatoms. The number of hydrogen-bond acceptors (Lipinski definition) is 5. The molecule has 1 N–H and O–H groups in total. The van der Waals surface area contributed by atoms with Gasteiger partial charge in [-0.15, -0.1) is 23.7 Å². The average molecular weight is 524 g/mol. The lowest BCUT2D eigenvalue weighted by Gasteiger charge is -2.31. The van der Waals surface area contributed by atoms with E-state index in [1.54, 1.807) is 18.3 Å². The molecule has 2 aliphatic heterocycles. The van der Waals surface area contributed by atoms with E-state index in [2.05, 4.69) is 14.7 Å². The van der Waals surface area contributed by atoms with E-state index in [1.165, 1.54) is 23.1 Å². The fourth-order valence-electron chi connectivity index (χ4n) is 4.29. The fourth-order valence-corrected chi connectivity index (χ4v) is 6.31. The van der Waals surface area contributed by atoms with Crippen LogP contribution in [0.5, 0.6) is 0 Å². The number of aromatic nitrogens is 2. The van der Waals surface area contributed by atoms with Gasteiger partial charge in [0.1, 0.15) is 5.65 Å². The summed E-state index contributed by atoms with van der Waals surface area (Å²) in [5, 5.41) is 4.07. The zero-order valence-electron chi connectivity index (χ0n) is 17.8. The Morgan fingerprint density at radius 2 is 2.00 bits per heavy atom. The minimum Gasteiger partial charge on any atom is -0.352 e. The average Bonchev–Trinajstić information content (AvgIpc) is 3.44. The molecule has 2 aliphatic rings. The van der Waals surface area contributed by atoms with Crippen LogP contribution >= 0.6 is 47.1 Å². The Bertz CT molecular complexity index is 1200. The van der Waals surface area contributed by atoms with Gasteiger partial charge >= 0.3 is 0 Å². The number of hydrogen-bond donors (Lipinski definition) is 1. The summed E-state index contributed by atoms with van der Waals surface area (Å²) in [7, 11) is 0. The summed E-state index contributed by atoms with van der Waals surface area (Å²) >= 11 is 8.77. The number of nitrogens with zero attached hydrogens (tertiary/aromatic N) is 3. The third-order valence-corrected chi connectivity index (χ3v) is 8.27. The molecule has 3 aromatic rings. The summed E-state index contributed by atoms with van der Waals surface area (Å²) in [4.78, 5) is 32.9. The standard InChI is InChI=1S/C23H23ClN4O2S2.ClH/c24-19-7-6-17(31-19)23(30)27-11-8-15(9-12-27)3-2-10-25-22(29)18-13-16-14-26-20-4-1-5-21(32-18)28(16)20;/h1,4-7,13-15H,2-3,8-12H2,(H,25,29);1H. The summed E-state index contributed by atoms with van der Waals surface area (Å²) < 4.78 is 2.71. The molecule has 0 unspecified atom stereocenters. The number of thioether (sulfide) groups is 1. The highest BCUT2D eigenvalue weighted by Crippen LogP contribution is 2.34. The number of carbonyl (C=O) groups excluding carboxylic acids is 2. The number of imidazole rings is 1. The van der Waals surface area contributed by atoms with Crippen LogP contribution in [-0.2, 0) is 4.79 Å². The molecular weight excluding hydrogens is 499 g/mol. The first kappa shape index (κ1) is 24.1. The summed E-state index contributed by atoms with van der Waals surface area (Å²) in [6.45, 7) is 2.23.